The molecule has 0 rings (SSSR count). The van der Waals surface area contributed by atoms with Crippen LogP contribution in [0.2, 0.25) is 0 Å². The summed E-state index contributed by atoms with van der Waals surface area (Å²) in [6.45, 7) is 3.12. The van der Waals surface area contributed by atoms with Crippen LogP contribution in [0.15, 0.2) is 0 Å². The largest absolute Gasteiger partial charge is 0.328 e. The van der Waals surface area contributed by atoms with E-state index in [2.05, 4.69) is 11.6 Å². The van der Waals surface area contributed by atoms with Crippen molar-refractivity contribution in [3.05, 3.63) is 0 Å². The van der Waals surface area contributed by atoms with Gasteiger partial charge in [0.25, 0.3) is 0 Å². The van der Waals surface area contributed by atoms with Crippen molar-refractivity contribution in [2.24, 2.45) is 5.92 Å². The van der Waals surface area contributed by atoms with Crippen LogP contribution in [0.25, 0.3) is 0 Å². The van der Waals surface area contributed by atoms with Gasteiger partial charge in [0, 0.05) is 5.92 Å². The highest BCUT2D eigenvalue weighted by Crippen LogP contribution is 2.24. The summed E-state index contributed by atoms with van der Waals surface area (Å²) in [6.07, 6.45) is -0.869. The molecule has 0 aromatic carbocycles. The monoisotopic (exact) mass is 170 g/mol. The molecule has 0 bridgehead atoms. The van der Waals surface area contributed by atoms with Gasteiger partial charge in [-0.15, -0.1) is 0 Å². The molecule has 0 N–H and O–H groups in total. The van der Waals surface area contributed by atoms with E-state index in [1.54, 1.807) is 13.8 Å². The zero-order valence-electron chi connectivity index (χ0n) is 5.83. The van der Waals surface area contributed by atoms with Crippen LogP contribution in [-0.4, -0.2) is 11.2 Å². The zero-order valence-corrected chi connectivity index (χ0v) is 6.58. The van der Waals surface area contributed by atoms with E-state index >= 15 is 0 Å². The minimum atomic E-state index is -3.37. The number of hydrogen-bond acceptors (Lipinski definition) is 1. The number of alkyl halides is 3. The lowest BCUT2D eigenvalue weighted by molar-refractivity contribution is -0.125. The Morgan fingerprint density at radius 1 is 1.60 bits per heavy atom. The first-order valence-electron chi connectivity index (χ1n) is 2.92. The number of rotatable bonds is 3. The third kappa shape index (κ3) is 4.68. The van der Waals surface area contributed by atoms with Crippen LogP contribution in [-0.2, 0) is 4.79 Å². The minimum Gasteiger partial charge on any atom is -0.299 e. The maximum Gasteiger partial charge on any atom is 0.328 e. The van der Waals surface area contributed by atoms with Crippen molar-refractivity contribution in [2.75, 3.05) is 0 Å². The fourth-order valence-corrected chi connectivity index (χ4v) is 0.533. The van der Waals surface area contributed by atoms with Gasteiger partial charge in [0.1, 0.15) is 5.78 Å². The molecule has 0 fully saturated rings. The van der Waals surface area contributed by atoms with E-state index in [0.717, 1.165) is 0 Å². The zero-order chi connectivity index (χ0) is 8.36. The summed E-state index contributed by atoms with van der Waals surface area (Å²) in [4.78, 5) is 10.6. The molecule has 10 heavy (non-hydrogen) atoms. The van der Waals surface area contributed by atoms with E-state index < -0.39 is 17.6 Å². The smallest absolute Gasteiger partial charge is 0.299 e. The second-order valence-corrected chi connectivity index (χ2v) is 2.97. The Morgan fingerprint density at radius 3 is 2.10 bits per heavy atom. The van der Waals surface area contributed by atoms with Gasteiger partial charge in [0.15, 0.2) is 0 Å². The molecule has 0 aromatic rings. The van der Waals surface area contributed by atoms with Crippen LogP contribution < -0.4 is 0 Å². The van der Waals surface area contributed by atoms with Crippen molar-refractivity contribution < 1.29 is 13.6 Å². The second-order valence-electron chi connectivity index (χ2n) is 2.41. The fourth-order valence-electron chi connectivity index (χ4n) is 0.402. The standard InChI is InChI=1S/C6H9ClF2O/c1-4(2)5(10)3-6(7,8)9/h4H,3H2,1-2H3. The summed E-state index contributed by atoms with van der Waals surface area (Å²) in [5.41, 5.74) is 0. The van der Waals surface area contributed by atoms with Crippen LogP contribution >= 0.6 is 11.6 Å². The number of carbonyl (C=O) groups is 1. The van der Waals surface area contributed by atoms with Gasteiger partial charge in [-0.1, -0.05) is 13.8 Å². The van der Waals surface area contributed by atoms with Crippen LogP contribution in [0.4, 0.5) is 8.78 Å². The van der Waals surface area contributed by atoms with Crippen molar-refractivity contribution in [3.8, 4) is 0 Å². The van der Waals surface area contributed by atoms with E-state index in [1.807, 2.05) is 0 Å². The molecule has 4 heteroatoms. The molecule has 0 aliphatic heterocycles. The van der Waals surface area contributed by atoms with Gasteiger partial charge < -0.3 is 0 Å². The number of halogens is 3. The summed E-state index contributed by atoms with van der Waals surface area (Å²) in [6, 6.07) is 0. The van der Waals surface area contributed by atoms with Gasteiger partial charge >= 0.3 is 5.38 Å². The predicted molar refractivity (Wildman–Crippen MR) is 35.3 cm³/mol. The minimum absolute atomic E-state index is 0.371. The topological polar surface area (TPSA) is 17.1 Å². The Labute approximate surface area is 63.4 Å². The van der Waals surface area contributed by atoms with Gasteiger partial charge in [0.2, 0.25) is 0 Å². The highest BCUT2D eigenvalue weighted by atomic mass is 35.5. The van der Waals surface area contributed by atoms with Crippen LogP contribution in [0, 0.1) is 5.92 Å². The van der Waals surface area contributed by atoms with Crippen LogP contribution in [0.3, 0.4) is 0 Å². The first-order chi connectivity index (χ1) is 4.33. The molecule has 0 saturated carbocycles. The molecule has 0 atom stereocenters. The normalized spacial score (nSPS) is 12.2. The van der Waals surface area contributed by atoms with Gasteiger partial charge in [-0.3, -0.25) is 4.79 Å². The van der Waals surface area contributed by atoms with E-state index in [0.29, 0.717) is 0 Å². The third-order valence-electron chi connectivity index (χ3n) is 1.02. The Hall–Kier alpha value is -0.180. The molecule has 60 valence electrons. The van der Waals surface area contributed by atoms with Crippen molar-refractivity contribution in [3.63, 3.8) is 0 Å². The molecule has 0 unspecified atom stereocenters. The number of Topliss-reactive ketones (excluding diaryl/α,β-unsaturated/α-hetero) is 1. The quantitative estimate of drug-likeness (QED) is 0.595. The molecule has 0 saturated heterocycles. The van der Waals surface area contributed by atoms with E-state index in [1.165, 1.54) is 0 Å². The van der Waals surface area contributed by atoms with E-state index in [-0.39, 0.29) is 5.92 Å². The van der Waals surface area contributed by atoms with Gasteiger partial charge in [-0.2, -0.15) is 8.78 Å². The summed E-state index contributed by atoms with van der Waals surface area (Å²) >= 11 is 4.52. The second kappa shape index (κ2) is 3.28. The van der Waals surface area contributed by atoms with Crippen molar-refractivity contribution in [2.45, 2.75) is 25.7 Å². The lowest BCUT2D eigenvalue weighted by Crippen LogP contribution is -2.17. The first kappa shape index (κ1) is 9.82. The molecular weight excluding hydrogens is 162 g/mol. The highest BCUT2D eigenvalue weighted by Gasteiger charge is 2.29. The SMILES string of the molecule is CC(C)C(=O)CC(F)(F)Cl. The molecule has 0 amide bonds. The van der Waals surface area contributed by atoms with Crippen molar-refractivity contribution in [1.29, 1.82) is 0 Å². The molecule has 0 radical (unpaired) electrons. The summed E-state index contributed by atoms with van der Waals surface area (Å²) in [5, 5.41) is -3.37. The van der Waals surface area contributed by atoms with E-state index in [9.17, 15) is 13.6 Å². The summed E-state index contributed by atoms with van der Waals surface area (Å²) in [7, 11) is 0. The first-order valence-corrected chi connectivity index (χ1v) is 3.30. The molecule has 1 nitrogen and oxygen atoms in total. The molecule has 0 aromatic heterocycles. The molecular formula is C6H9ClF2O. The lowest BCUT2D eigenvalue weighted by atomic mass is 10.1. The van der Waals surface area contributed by atoms with Crippen LogP contribution in [0.1, 0.15) is 20.3 Å². The van der Waals surface area contributed by atoms with E-state index in [4.69, 9.17) is 0 Å². The third-order valence-corrected chi connectivity index (χ3v) is 1.15. The predicted octanol–water partition coefficient (Wildman–Crippen LogP) is 2.43. The number of hydrogen-bond donors (Lipinski definition) is 0. The Balaban J connectivity index is 3.81. The average molecular weight is 171 g/mol. The maximum atomic E-state index is 11.9. The highest BCUT2D eigenvalue weighted by molar-refractivity contribution is 6.22. The average Bonchev–Trinajstić information content (AvgIpc) is 1.60. The number of carbonyl (C=O) groups excluding carboxylic acids is 1. The lowest BCUT2D eigenvalue weighted by Gasteiger charge is -2.07. The summed E-state index contributed by atoms with van der Waals surface area (Å²) in [5.74, 6) is -0.885. The van der Waals surface area contributed by atoms with Crippen LogP contribution in [0.5, 0.6) is 0 Å². The van der Waals surface area contributed by atoms with Gasteiger partial charge in [0.05, 0.1) is 6.42 Å². The Morgan fingerprint density at radius 2 is 2.00 bits per heavy atom. The number of ketones is 1. The Bertz CT molecular complexity index is 128. The van der Waals surface area contributed by atoms with Crippen molar-refractivity contribution >= 4 is 17.4 Å². The van der Waals surface area contributed by atoms with Crippen molar-refractivity contribution in [1.82, 2.24) is 0 Å². The van der Waals surface area contributed by atoms with Gasteiger partial charge in [-0.25, -0.2) is 0 Å². The van der Waals surface area contributed by atoms with Gasteiger partial charge in [-0.05, 0) is 11.6 Å². The summed E-state index contributed by atoms with van der Waals surface area (Å²) < 4.78 is 23.8. The molecule has 0 spiro atoms. The Kier molecular flexibility index (Phi) is 3.22. The molecule has 0 heterocycles. The fraction of sp³-hybridized carbons (Fsp3) is 0.833. The molecule has 0 aliphatic rings. The maximum absolute atomic E-state index is 11.9. The molecule has 0 aliphatic carbocycles.